The van der Waals surface area contributed by atoms with Crippen LogP contribution in [0.1, 0.15) is 24.3 Å². The van der Waals surface area contributed by atoms with Gasteiger partial charge in [0.15, 0.2) is 11.6 Å². The Labute approximate surface area is 141 Å². The first-order chi connectivity index (χ1) is 11.9. The fraction of sp³-hybridized carbons (Fsp3) is 0.312. The average Bonchev–Trinajstić information content (AvgIpc) is 2.58. The van der Waals surface area contributed by atoms with Crippen LogP contribution in [0.3, 0.4) is 0 Å². The van der Waals surface area contributed by atoms with Crippen molar-refractivity contribution in [1.29, 1.82) is 0 Å². The van der Waals surface area contributed by atoms with Crippen molar-refractivity contribution in [3.63, 3.8) is 0 Å². The molecule has 1 aliphatic heterocycles. The summed E-state index contributed by atoms with van der Waals surface area (Å²) in [6.45, 7) is 0.987. The normalized spacial score (nSPS) is 15.4. The van der Waals surface area contributed by atoms with Gasteiger partial charge in [0.05, 0.1) is 4.92 Å². The second-order valence-electron chi connectivity index (χ2n) is 5.88. The van der Waals surface area contributed by atoms with E-state index >= 15 is 0 Å². The lowest BCUT2D eigenvalue weighted by molar-refractivity contribution is -0.384. The van der Waals surface area contributed by atoms with Crippen LogP contribution in [0.25, 0.3) is 0 Å². The SMILES string of the molecule is Nc1nc(N2CCC(c3cc(F)c(F)cc3F)CC2)ccc1[N+](=O)[O-]. The molecule has 1 aromatic carbocycles. The molecule has 6 nitrogen and oxygen atoms in total. The van der Waals surface area contributed by atoms with Crippen LogP contribution in [0.5, 0.6) is 0 Å². The molecule has 2 aromatic rings. The molecule has 0 aliphatic carbocycles. The molecule has 2 heterocycles. The minimum absolute atomic E-state index is 0.162. The van der Waals surface area contributed by atoms with E-state index in [1.165, 1.54) is 12.1 Å². The Morgan fingerprint density at radius 1 is 1.12 bits per heavy atom. The maximum absolute atomic E-state index is 13.9. The fourth-order valence-corrected chi connectivity index (χ4v) is 3.06. The summed E-state index contributed by atoms with van der Waals surface area (Å²) < 4.78 is 40.3. The van der Waals surface area contributed by atoms with Crippen LogP contribution in [0, 0.1) is 27.6 Å². The lowest BCUT2D eigenvalue weighted by Crippen LogP contribution is -2.33. The van der Waals surface area contributed by atoms with Crippen LogP contribution in [-0.4, -0.2) is 23.0 Å². The molecule has 1 fully saturated rings. The van der Waals surface area contributed by atoms with Gasteiger partial charge >= 0.3 is 5.69 Å². The summed E-state index contributed by atoms with van der Waals surface area (Å²) in [5.74, 6) is -2.94. The Morgan fingerprint density at radius 2 is 1.76 bits per heavy atom. The second-order valence-corrected chi connectivity index (χ2v) is 5.88. The van der Waals surface area contributed by atoms with Crippen molar-refractivity contribution in [2.24, 2.45) is 0 Å². The predicted molar refractivity (Wildman–Crippen MR) is 85.8 cm³/mol. The topological polar surface area (TPSA) is 85.3 Å². The van der Waals surface area contributed by atoms with Gasteiger partial charge in [0.2, 0.25) is 5.82 Å². The fourth-order valence-electron chi connectivity index (χ4n) is 3.06. The molecule has 0 amide bonds. The zero-order valence-corrected chi connectivity index (χ0v) is 13.1. The van der Waals surface area contributed by atoms with Crippen LogP contribution in [0.4, 0.5) is 30.5 Å². The number of anilines is 2. The smallest absolute Gasteiger partial charge is 0.311 e. The van der Waals surface area contributed by atoms with Crippen LogP contribution in [0.2, 0.25) is 0 Å². The highest BCUT2D eigenvalue weighted by Crippen LogP contribution is 2.33. The van der Waals surface area contributed by atoms with Gasteiger partial charge in [0, 0.05) is 25.2 Å². The maximum atomic E-state index is 13.9. The summed E-state index contributed by atoms with van der Waals surface area (Å²) in [7, 11) is 0. The molecule has 2 N–H and O–H groups in total. The predicted octanol–water partition coefficient (Wildman–Crippen LogP) is 3.37. The number of rotatable bonds is 3. The molecule has 0 radical (unpaired) electrons. The van der Waals surface area contributed by atoms with E-state index in [2.05, 4.69) is 4.98 Å². The highest BCUT2D eigenvalue weighted by Gasteiger charge is 2.26. The number of aromatic nitrogens is 1. The zero-order chi connectivity index (χ0) is 18.1. The number of hydrogen-bond acceptors (Lipinski definition) is 5. The minimum atomic E-state index is -1.20. The van der Waals surface area contributed by atoms with E-state index in [-0.39, 0.29) is 23.0 Å². The van der Waals surface area contributed by atoms with Crippen LogP contribution < -0.4 is 10.6 Å². The monoisotopic (exact) mass is 352 g/mol. The highest BCUT2D eigenvalue weighted by molar-refractivity contribution is 5.58. The summed E-state index contributed by atoms with van der Waals surface area (Å²) in [6.07, 6.45) is 1.03. The van der Waals surface area contributed by atoms with E-state index in [0.717, 1.165) is 6.07 Å². The first-order valence-corrected chi connectivity index (χ1v) is 7.67. The van der Waals surface area contributed by atoms with Gasteiger partial charge in [0.1, 0.15) is 11.6 Å². The number of pyridine rings is 1. The summed E-state index contributed by atoms with van der Waals surface area (Å²) in [5.41, 5.74) is 5.49. The molecular weight excluding hydrogens is 337 g/mol. The van der Waals surface area contributed by atoms with Gasteiger partial charge in [-0.3, -0.25) is 10.1 Å². The van der Waals surface area contributed by atoms with E-state index in [9.17, 15) is 23.3 Å². The van der Waals surface area contributed by atoms with Crippen molar-refractivity contribution in [3.05, 3.63) is 57.4 Å². The molecule has 0 spiro atoms. The zero-order valence-electron chi connectivity index (χ0n) is 13.1. The third kappa shape index (κ3) is 3.35. The quantitative estimate of drug-likeness (QED) is 0.520. The summed E-state index contributed by atoms with van der Waals surface area (Å²) in [5, 5.41) is 10.8. The lowest BCUT2D eigenvalue weighted by atomic mass is 9.89. The van der Waals surface area contributed by atoms with E-state index in [1.54, 1.807) is 0 Å². The molecule has 1 aromatic heterocycles. The van der Waals surface area contributed by atoms with Crippen LogP contribution in [-0.2, 0) is 0 Å². The van der Waals surface area contributed by atoms with E-state index in [1.807, 2.05) is 4.90 Å². The number of hydrogen-bond donors (Lipinski definition) is 1. The molecule has 1 saturated heterocycles. The van der Waals surface area contributed by atoms with Gasteiger partial charge in [-0.2, -0.15) is 0 Å². The van der Waals surface area contributed by atoms with Gasteiger partial charge in [-0.15, -0.1) is 0 Å². The van der Waals surface area contributed by atoms with Crippen molar-refractivity contribution in [2.45, 2.75) is 18.8 Å². The van der Waals surface area contributed by atoms with Gasteiger partial charge in [0.25, 0.3) is 0 Å². The van der Waals surface area contributed by atoms with Crippen LogP contribution in [0.15, 0.2) is 24.3 Å². The van der Waals surface area contributed by atoms with E-state index in [4.69, 9.17) is 5.73 Å². The Bertz CT molecular complexity index is 823. The Balaban J connectivity index is 1.73. The molecular formula is C16H15F3N4O2. The van der Waals surface area contributed by atoms with Crippen molar-refractivity contribution < 1.29 is 18.1 Å². The Morgan fingerprint density at radius 3 is 2.36 bits per heavy atom. The summed E-state index contributed by atoms with van der Waals surface area (Å²) in [4.78, 5) is 16.1. The van der Waals surface area contributed by atoms with Gasteiger partial charge in [-0.1, -0.05) is 0 Å². The standard InChI is InChI=1S/C16H15F3N4O2/c17-11-8-13(19)12(18)7-10(11)9-3-5-22(6-4-9)15-2-1-14(23(24)25)16(20)21-15/h1-2,7-9H,3-6H2,(H2,20,21). The first-order valence-electron chi connectivity index (χ1n) is 7.67. The number of nitrogens with zero attached hydrogens (tertiary/aromatic N) is 3. The van der Waals surface area contributed by atoms with Gasteiger partial charge < -0.3 is 10.6 Å². The average molecular weight is 352 g/mol. The van der Waals surface area contributed by atoms with Crippen molar-refractivity contribution in [2.75, 3.05) is 23.7 Å². The third-order valence-electron chi connectivity index (χ3n) is 4.38. The summed E-state index contributed by atoms with van der Waals surface area (Å²) in [6, 6.07) is 4.27. The molecule has 3 rings (SSSR count). The Kier molecular flexibility index (Phi) is 4.47. The largest absolute Gasteiger partial charge is 0.378 e. The molecule has 0 unspecified atom stereocenters. The number of halogens is 3. The maximum Gasteiger partial charge on any atom is 0.311 e. The van der Waals surface area contributed by atoms with Gasteiger partial charge in [-0.25, -0.2) is 18.2 Å². The number of piperidine rings is 1. The number of nitrogen functional groups attached to an aromatic ring is 1. The molecule has 25 heavy (non-hydrogen) atoms. The number of benzene rings is 1. The third-order valence-corrected chi connectivity index (χ3v) is 4.38. The van der Waals surface area contributed by atoms with Gasteiger partial charge in [-0.05, 0) is 36.5 Å². The van der Waals surface area contributed by atoms with Crippen LogP contribution >= 0.6 is 0 Å². The number of nitro groups is 1. The molecule has 0 atom stereocenters. The first kappa shape index (κ1) is 17.0. The highest BCUT2D eigenvalue weighted by atomic mass is 19.2. The molecule has 132 valence electrons. The van der Waals surface area contributed by atoms with Crippen molar-refractivity contribution >= 4 is 17.3 Å². The van der Waals surface area contributed by atoms with Crippen molar-refractivity contribution in [3.8, 4) is 0 Å². The lowest BCUT2D eigenvalue weighted by Gasteiger charge is -2.33. The molecule has 0 bridgehead atoms. The molecule has 9 heteroatoms. The number of nitrogens with two attached hydrogens (primary N) is 1. The summed E-state index contributed by atoms with van der Waals surface area (Å²) >= 11 is 0. The molecule has 0 saturated carbocycles. The van der Waals surface area contributed by atoms with E-state index < -0.39 is 22.4 Å². The minimum Gasteiger partial charge on any atom is -0.378 e. The second kappa shape index (κ2) is 6.58. The van der Waals surface area contributed by atoms with Crippen molar-refractivity contribution in [1.82, 2.24) is 4.98 Å². The molecule has 1 aliphatic rings. The van der Waals surface area contributed by atoms with E-state index in [0.29, 0.717) is 37.8 Å². The Hall–Kier alpha value is -2.84.